The number of hydrogen-bond acceptors (Lipinski definition) is 8. The van der Waals surface area contributed by atoms with Crippen LogP contribution in [-0.4, -0.2) is 47.9 Å². The molecule has 1 amide bonds. The lowest BCUT2D eigenvalue weighted by Crippen LogP contribution is -2.69. The molecule has 1 fully saturated rings. The molecule has 9 nitrogen and oxygen atoms in total. The smallest absolute Gasteiger partial charge is 0.408 e. The van der Waals surface area contributed by atoms with Crippen LogP contribution in [0.1, 0.15) is 58.9 Å². The van der Waals surface area contributed by atoms with Gasteiger partial charge in [0, 0.05) is 0 Å². The van der Waals surface area contributed by atoms with Crippen molar-refractivity contribution < 1.29 is 28.7 Å². The highest BCUT2D eigenvalue weighted by atomic mass is 16.5. The Labute approximate surface area is 200 Å². The minimum Gasteiger partial charge on any atom is -0.465 e. The van der Waals surface area contributed by atoms with Gasteiger partial charge in [0.05, 0.1) is 18.7 Å². The van der Waals surface area contributed by atoms with Gasteiger partial charge in [-0.15, -0.1) is 0 Å². The number of rotatable bonds is 11. The number of alkyl carbamates (subject to hydrolysis) is 1. The molecule has 4 unspecified atom stereocenters. The first-order valence-corrected chi connectivity index (χ1v) is 11.8. The Morgan fingerprint density at radius 2 is 1.68 bits per heavy atom. The van der Waals surface area contributed by atoms with Gasteiger partial charge in [-0.25, -0.2) is 4.79 Å². The first kappa shape index (κ1) is 27.5. The van der Waals surface area contributed by atoms with Gasteiger partial charge in [0.2, 0.25) is 0 Å². The Bertz CT molecular complexity index is 888. The second kappa shape index (κ2) is 11.6. The maximum Gasteiger partial charge on any atom is 0.408 e. The van der Waals surface area contributed by atoms with Crippen molar-refractivity contribution in [1.29, 1.82) is 0 Å². The fourth-order valence-electron chi connectivity index (χ4n) is 4.71. The van der Waals surface area contributed by atoms with Crippen molar-refractivity contribution in [2.24, 2.45) is 22.8 Å². The third-order valence-electron chi connectivity index (χ3n) is 6.31. The van der Waals surface area contributed by atoms with Crippen LogP contribution in [0.4, 0.5) is 4.79 Å². The molecule has 0 heterocycles. The summed E-state index contributed by atoms with van der Waals surface area (Å²) in [7, 11) is 0. The summed E-state index contributed by atoms with van der Waals surface area (Å²) < 4.78 is 10.5. The lowest BCUT2D eigenvalue weighted by Gasteiger charge is -2.41. The Kier molecular flexibility index (Phi) is 9.35. The van der Waals surface area contributed by atoms with Crippen molar-refractivity contribution in [3.63, 3.8) is 0 Å². The van der Waals surface area contributed by atoms with E-state index in [9.17, 15) is 19.2 Å². The number of amides is 1. The predicted octanol–water partition coefficient (Wildman–Crippen LogP) is 2.24. The van der Waals surface area contributed by atoms with E-state index in [1.807, 2.05) is 32.0 Å². The SMILES string of the molecule is CCOC(=O)C1(N)CCCC1(C(=O)C(C)N)C(=O)C(CC(C)C)NC(=O)OCc1ccccc1. The second-order valence-electron chi connectivity index (χ2n) is 9.36. The van der Waals surface area contributed by atoms with E-state index in [4.69, 9.17) is 20.9 Å². The number of nitrogens with one attached hydrogen (secondary N) is 1. The highest BCUT2D eigenvalue weighted by Gasteiger charge is 2.67. The lowest BCUT2D eigenvalue weighted by atomic mass is 9.63. The number of hydrogen-bond donors (Lipinski definition) is 3. The first-order chi connectivity index (χ1) is 16.0. The van der Waals surface area contributed by atoms with Crippen molar-refractivity contribution in [2.75, 3.05) is 6.61 Å². The monoisotopic (exact) mass is 475 g/mol. The summed E-state index contributed by atoms with van der Waals surface area (Å²) in [5, 5.41) is 2.61. The molecule has 188 valence electrons. The molecule has 0 aliphatic heterocycles. The third kappa shape index (κ3) is 5.64. The number of nitrogens with two attached hydrogens (primary N) is 2. The molecule has 0 spiro atoms. The highest BCUT2D eigenvalue weighted by Crippen LogP contribution is 2.49. The zero-order valence-corrected chi connectivity index (χ0v) is 20.5. The molecule has 5 N–H and O–H groups in total. The van der Waals surface area contributed by atoms with Gasteiger partial charge < -0.3 is 26.3 Å². The average molecular weight is 476 g/mol. The molecule has 0 aromatic heterocycles. The first-order valence-electron chi connectivity index (χ1n) is 11.8. The molecule has 0 radical (unpaired) electrons. The summed E-state index contributed by atoms with van der Waals surface area (Å²) in [5.41, 5.74) is 9.47. The van der Waals surface area contributed by atoms with Crippen molar-refractivity contribution in [2.45, 2.75) is 77.6 Å². The summed E-state index contributed by atoms with van der Waals surface area (Å²) in [5.74, 6) is -2.08. The van der Waals surface area contributed by atoms with Gasteiger partial charge in [0.1, 0.15) is 17.6 Å². The van der Waals surface area contributed by atoms with Crippen LogP contribution in [0.5, 0.6) is 0 Å². The second-order valence-corrected chi connectivity index (χ2v) is 9.36. The number of ether oxygens (including phenoxy) is 2. The molecular weight excluding hydrogens is 438 g/mol. The van der Waals surface area contributed by atoms with E-state index >= 15 is 0 Å². The van der Waals surface area contributed by atoms with Crippen molar-refractivity contribution in [3.8, 4) is 0 Å². The molecule has 4 atom stereocenters. The maximum atomic E-state index is 14.0. The molecule has 1 saturated carbocycles. The third-order valence-corrected chi connectivity index (χ3v) is 6.31. The minimum atomic E-state index is -1.90. The van der Waals surface area contributed by atoms with Crippen LogP contribution in [0, 0.1) is 11.3 Å². The fraction of sp³-hybridized carbons (Fsp3) is 0.600. The van der Waals surface area contributed by atoms with Crippen LogP contribution in [0.3, 0.4) is 0 Å². The van der Waals surface area contributed by atoms with E-state index in [-0.39, 0.29) is 38.4 Å². The molecule has 34 heavy (non-hydrogen) atoms. The van der Waals surface area contributed by atoms with Gasteiger partial charge in [0.15, 0.2) is 11.6 Å². The van der Waals surface area contributed by atoms with Crippen LogP contribution in [0.15, 0.2) is 30.3 Å². The molecule has 1 aliphatic rings. The van der Waals surface area contributed by atoms with Gasteiger partial charge in [-0.3, -0.25) is 14.4 Å². The number of ketones is 2. The van der Waals surface area contributed by atoms with Crippen molar-refractivity contribution in [3.05, 3.63) is 35.9 Å². The Hall–Kier alpha value is -2.78. The van der Waals surface area contributed by atoms with Crippen LogP contribution < -0.4 is 16.8 Å². The van der Waals surface area contributed by atoms with Crippen molar-refractivity contribution in [1.82, 2.24) is 5.32 Å². The van der Waals surface area contributed by atoms with Gasteiger partial charge in [-0.1, -0.05) is 44.2 Å². The number of carbonyl (C=O) groups is 4. The van der Waals surface area contributed by atoms with E-state index in [1.165, 1.54) is 6.92 Å². The Morgan fingerprint density at radius 1 is 1.03 bits per heavy atom. The summed E-state index contributed by atoms with van der Waals surface area (Å²) in [6.45, 7) is 6.91. The molecule has 0 saturated heterocycles. The van der Waals surface area contributed by atoms with E-state index in [1.54, 1.807) is 19.1 Å². The van der Waals surface area contributed by atoms with E-state index in [0.29, 0.717) is 6.42 Å². The van der Waals surface area contributed by atoms with Crippen LogP contribution in [0.25, 0.3) is 0 Å². The average Bonchev–Trinajstić information content (AvgIpc) is 3.15. The number of benzene rings is 1. The topological polar surface area (TPSA) is 151 Å². The summed E-state index contributed by atoms with van der Waals surface area (Å²) in [6, 6.07) is 6.97. The van der Waals surface area contributed by atoms with Crippen LogP contribution in [-0.2, 0) is 30.5 Å². The normalized spacial score (nSPS) is 23.7. The zero-order chi connectivity index (χ0) is 25.5. The van der Waals surface area contributed by atoms with Crippen molar-refractivity contribution >= 4 is 23.6 Å². The molecule has 2 rings (SSSR count). The maximum absolute atomic E-state index is 14.0. The van der Waals surface area contributed by atoms with Crippen LogP contribution >= 0.6 is 0 Å². The zero-order valence-electron chi connectivity index (χ0n) is 20.5. The standard InChI is InChI=1S/C25H37N3O6/c1-5-33-22(31)25(27)13-9-12-24(25,20(29)17(4)26)21(30)19(14-16(2)3)28-23(32)34-15-18-10-7-6-8-11-18/h6-8,10-11,16-17,19H,5,9,12-15,26-27H2,1-4H3,(H,28,32). The highest BCUT2D eigenvalue weighted by molar-refractivity contribution is 6.16. The van der Waals surface area contributed by atoms with Gasteiger partial charge >= 0.3 is 12.1 Å². The van der Waals surface area contributed by atoms with Crippen LogP contribution in [0.2, 0.25) is 0 Å². The largest absolute Gasteiger partial charge is 0.465 e. The quantitative estimate of drug-likeness (QED) is 0.326. The lowest BCUT2D eigenvalue weighted by molar-refractivity contribution is -0.163. The molecule has 1 aromatic carbocycles. The predicted molar refractivity (Wildman–Crippen MR) is 127 cm³/mol. The van der Waals surface area contributed by atoms with Gasteiger partial charge in [0.25, 0.3) is 0 Å². The van der Waals surface area contributed by atoms with Gasteiger partial charge in [-0.2, -0.15) is 0 Å². The number of carbonyl (C=O) groups excluding carboxylic acids is 4. The van der Waals surface area contributed by atoms with E-state index in [2.05, 4.69) is 5.32 Å². The number of Topliss-reactive ketones (excluding diaryl/α,β-unsaturated/α-hetero) is 2. The molecule has 1 aromatic rings. The molecule has 9 heteroatoms. The fourth-order valence-corrected chi connectivity index (χ4v) is 4.71. The Morgan fingerprint density at radius 3 is 2.24 bits per heavy atom. The number of esters is 1. The molecule has 0 bridgehead atoms. The van der Waals surface area contributed by atoms with E-state index in [0.717, 1.165) is 5.56 Å². The Balaban J connectivity index is 2.38. The van der Waals surface area contributed by atoms with Gasteiger partial charge in [-0.05, 0) is 51.0 Å². The molecular formula is C25H37N3O6. The molecule has 1 aliphatic carbocycles. The summed E-state index contributed by atoms with van der Waals surface area (Å²) in [6.07, 6.45) is -0.0545. The summed E-state index contributed by atoms with van der Waals surface area (Å²) in [4.78, 5) is 53.0. The summed E-state index contributed by atoms with van der Waals surface area (Å²) >= 11 is 0. The van der Waals surface area contributed by atoms with E-state index < -0.39 is 46.7 Å². The minimum absolute atomic E-state index is 0.0120.